The SMILES string of the molecule is CC(C)C(C)N(C)C(=O)Nc1cnn(CC(=O)O)c1. The molecule has 7 nitrogen and oxygen atoms in total. The molecule has 1 atom stereocenters. The summed E-state index contributed by atoms with van der Waals surface area (Å²) in [4.78, 5) is 24.1. The maximum absolute atomic E-state index is 12.0. The molecule has 1 heterocycles. The van der Waals surface area contributed by atoms with Crippen LogP contribution < -0.4 is 5.32 Å². The molecule has 7 heteroatoms. The van der Waals surface area contributed by atoms with Crippen molar-refractivity contribution in [3.63, 3.8) is 0 Å². The van der Waals surface area contributed by atoms with Crippen molar-refractivity contribution < 1.29 is 14.7 Å². The number of rotatable bonds is 5. The van der Waals surface area contributed by atoms with Gasteiger partial charge in [0.25, 0.3) is 0 Å². The fraction of sp³-hybridized carbons (Fsp3) is 0.583. The molecular formula is C12H20N4O3. The molecule has 1 aromatic heterocycles. The number of carbonyl (C=O) groups is 2. The maximum atomic E-state index is 12.0. The Bertz CT molecular complexity index is 456. The molecule has 106 valence electrons. The lowest BCUT2D eigenvalue weighted by Gasteiger charge is -2.27. The Morgan fingerprint density at radius 1 is 1.47 bits per heavy atom. The van der Waals surface area contributed by atoms with Crippen molar-refractivity contribution in [3.05, 3.63) is 12.4 Å². The number of urea groups is 1. The molecule has 0 bridgehead atoms. The monoisotopic (exact) mass is 268 g/mol. The second-order valence-electron chi connectivity index (χ2n) is 4.85. The summed E-state index contributed by atoms with van der Waals surface area (Å²) >= 11 is 0. The summed E-state index contributed by atoms with van der Waals surface area (Å²) in [6.45, 7) is 5.82. The van der Waals surface area contributed by atoms with Crippen molar-refractivity contribution in [2.75, 3.05) is 12.4 Å². The van der Waals surface area contributed by atoms with E-state index in [1.54, 1.807) is 11.9 Å². The van der Waals surface area contributed by atoms with Crippen LogP contribution in [0.2, 0.25) is 0 Å². The van der Waals surface area contributed by atoms with Gasteiger partial charge in [-0.1, -0.05) is 13.8 Å². The first-order valence-electron chi connectivity index (χ1n) is 6.09. The van der Waals surface area contributed by atoms with Crippen LogP contribution in [0.25, 0.3) is 0 Å². The Kier molecular flexibility index (Phi) is 4.91. The molecule has 0 radical (unpaired) electrons. The fourth-order valence-electron chi connectivity index (χ4n) is 1.50. The summed E-state index contributed by atoms with van der Waals surface area (Å²) in [5.74, 6) is -0.628. The number of aromatic nitrogens is 2. The number of nitrogens with zero attached hydrogens (tertiary/aromatic N) is 3. The normalized spacial score (nSPS) is 12.3. The smallest absolute Gasteiger partial charge is 0.325 e. The number of carboxylic acid groups (broad SMARTS) is 1. The molecule has 0 aliphatic carbocycles. The van der Waals surface area contributed by atoms with E-state index in [0.29, 0.717) is 11.6 Å². The zero-order chi connectivity index (χ0) is 14.6. The van der Waals surface area contributed by atoms with E-state index in [1.165, 1.54) is 17.1 Å². The highest BCUT2D eigenvalue weighted by atomic mass is 16.4. The van der Waals surface area contributed by atoms with E-state index >= 15 is 0 Å². The molecule has 0 saturated heterocycles. The second-order valence-corrected chi connectivity index (χ2v) is 4.85. The first-order valence-corrected chi connectivity index (χ1v) is 6.09. The van der Waals surface area contributed by atoms with E-state index in [1.807, 2.05) is 20.8 Å². The van der Waals surface area contributed by atoms with E-state index in [0.717, 1.165) is 0 Å². The van der Waals surface area contributed by atoms with E-state index in [4.69, 9.17) is 5.11 Å². The van der Waals surface area contributed by atoms with Gasteiger partial charge in [-0.05, 0) is 12.8 Å². The van der Waals surface area contributed by atoms with Crippen LogP contribution in [-0.4, -0.2) is 44.9 Å². The zero-order valence-electron chi connectivity index (χ0n) is 11.6. The summed E-state index contributed by atoms with van der Waals surface area (Å²) in [6, 6.07) is -0.134. The first-order chi connectivity index (χ1) is 8.81. The Labute approximate surface area is 112 Å². The lowest BCUT2D eigenvalue weighted by Crippen LogP contribution is -2.40. The van der Waals surface area contributed by atoms with Gasteiger partial charge in [-0.25, -0.2) is 4.79 Å². The van der Waals surface area contributed by atoms with Crippen molar-refractivity contribution >= 4 is 17.7 Å². The predicted molar refractivity (Wildman–Crippen MR) is 70.9 cm³/mol. The number of nitrogens with one attached hydrogen (secondary N) is 1. The van der Waals surface area contributed by atoms with E-state index in [9.17, 15) is 9.59 Å². The van der Waals surface area contributed by atoms with Gasteiger partial charge in [0.05, 0.1) is 11.9 Å². The topological polar surface area (TPSA) is 87.5 Å². The predicted octanol–water partition coefficient (Wildman–Crippen LogP) is 1.48. The summed E-state index contributed by atoms with van der Waals surface area (Å²) in [7, 11) is 1.72. The lowest BCUT2D eigenvalue weighted by molar-refractivity contribution is -0.137. The number of amides is 2. The minimum atomic E-state index is -0.980. The van der Waals surface area contributed by atoms with Crippen LogP contribution in [0, 0.1) is 5.92 Å². The molecule has 1 unspecified atom stereocenters. The molecule has 1 aromatic rings. The molecule has 0 fully saturated rings. The molecule has 2 amide bonds. The maximum Gasteiger partial charge on any atom is 0.325 e. The van der Waals surface area contributed by atoms with Crippen LogP contribution in [0.3, 0.4) is 0 Å². The van der Waals surface area contributed by atoms with Crippen molar-refractivity contribution in [2.24, 2.45) is 5.92 Å². The number of hydrogen-bond donors (Lipinski definition) is 2. The first kappa shape index (κ1) is 15.0. The Balaban J connectivity index is 2.61. The summed E-state index contributed by atoms with van der Waals surface area (Å²) < 4.78 is 1.25. The molecule has 0 aromatic carbocycles. The summed E-state index contributed by atoms with van der Waals surface area (Å²) in [5, 5.41) is 15.2. The van der Waals surface area contributed by atoms with Crippen LogP contribution in [0.1, 0.15) is 20.8 Å². The Morgan fingerprint density at radius 2 is 2.11 bits per heavy atom. The van der Waals surface area contributed by atoms with Gasteiger partial charge in [0, 0.05) is 19.3 Å². The zero-order valence-corrected chi connectivity index (χ0v) is 11.6. The average Bonchev–Trinajstić information content (AvgIpc) is 2.73. The van der Waals surface area contributed by atoms with Gasteiger partial charge in [-0.2, -0.15) is 5.10 Å². The van der Waals surface area contributed by atoms with Crippen LogP contribution >= 0.6 is 0 Å². The molecule has 0 spiro atoms. The van der Waals surface area contributed by atoms with Crippen molar-refractivity contribution in [3.8, 4) is 0 Å². The highest BCUT2D eigenvalue weighted by Crippen LogP contribution is 2.11. The highest BCUT2D eigenvalue weighted by Gasteiger charge is 2.18. The average molecular weight is 268 g/mol. The highest BCUT2D eigenvalue weighted by molar-refractivity contribution is 5.89. The van der Waals surface area contributed by atoms with Crippen LogP contribution in [-0.2, 0) is 11.3 Å². The van der Waals surface area contributed by atoms with Crippen molar-refractivity contribution in [2.45, 2.75) is 33.4 Å². The number of carbonyl (C=O) groups excluding carboxylic acids is 1. The minimum absolute atomic E-state index is 0.106. The van der Waals surface area contributed by atoms with Gasteiger partial charge in [-0.3, -0.25) is 9.48 Å². The van der Waals surface area contributed by atoms with Crippen LogP contribution in [0.15, 0.2) is 12.4 Å². The number of hydrogen-bond acceptors (Lipinski definition) is 3. The molecular weight excluding hydrogens is 248 g/mol. The summed E-state index contributed by atoms with van der Waals surface area (Å²) in [6.07, 6.45) is 2.91. The third-order valence-corrected chi connectivity index (χ3v) is 3.08. The van der Waals surface area contributed by atoms with Gasteiger partial charge in [0.15, 0.2) is 0 Å². The molecule has 2 N–H and O–H groups in total. The van der Waals surface area contributed by atoms with Gasteiger partial charge in [0.2, 0.25) is 0 Å². The number of aliphatic carboxylic acids is 1. The van der Waals surface area contributed by atoms with E-state index in [2.05, 4.69) is 10.4 Å². The quantitative estimate of drug-likeness (QED) is 0.846. The molecule has 19 heavy (non-hydrogen) atoms. The fourth-order valence-corrected chi connectivity index (χ4v) is 1.50. The van der Waals surface area contributed by atoms with Crippen LogP contribution in [0.4, 0.5) is 10.5 Å². The Hall–Kier alpha value is -2.05. The van der Waals surface area contributed by atoms with Gasteiger partial charge in [-0.15, -0.1) is 0 Å². The van der Waals surface area contributed by atoms with Crippen molar-refractivity contribution in [1.82, 2.24) is 14.7 Å². The lowest BCUT2D eigenvalue weighted by atomic mass is 10.1. The van der Waals surface area contributed by atoms with E-state index < -0.39 is 5.97 Å². The van der Waals surface area contributed by atoms with Crippen LogP contribution in [0.5, 0.6) is 0 Å². The van der Waals surface area contributed by atoms with Gasteiger partial charge < -0.3 is 15.3 Å². The second kappa shape index (κ2) is 6.21. The van der Waals surface area contributed by atoms with Gasteiger partial charge in [0.1, 0.15) is 6.54 Å². The largest absolute Gasteiger partial charge is 0.480 e. The van der Waals surface area contributed by atoms with E-state index in [-0.39, 0.29) is 18.6 Å². The third-order valence-electron chi connectivity index (χ3n) is 3.08. The minimum Gasteiger partial charge on any atom is -0.480 e. The standard InChI is InChI=1S/C12H20N4O3/c1-8(2)9(3)15(4)12(19)14-10-5-13-16(6-10)7-11(17)18/h5-6,8-9H,7H2,1-4H3,(H,14,19)(H,17,18). The molecule has 0 aliphatic rings. The number of carboxylic acids is 1. The Morgan fingerprint density at radius 3 is 2.63 bits per heavy atom. The van der Waals surface area contributed by atoms with Crippen molar-refractivity contribution in [1.29, 1.82) is 0 Å². The molecule has 0 saturated carbocycles. The van der Waals surface area contributed by atoms with Gasteiger partial charge >= 0.3 is 12.0 Å². The summed E-state index contributed by atoms with van der Waals surface area (Å²) in [5.41, 5.74) is 0.481. The number of anilines is 1. The molecule has 0 aliphatic heterocycles. The molecule has 1 rings (SSSR count). The third kappa shape index (κ3) is 4.27.